The molecule has 1 aromatic rings. The van der Waals surface area contributed by atoms with Crippen LogP contribution in [0.2, 0.25) is 0 Å². The van der Waals surface area contributed by atoms with Crippen molar-refractivity contribution in [2.75, 3.05) is 12.8 Å². The Kier molecular flexibility index (Phi) is 4.57. The second-order valence-corrected chi connectivity index (χ2v) is 7.62. The highest BCUT2D eigenvalue weighted by atomic mass is 79.9. The number of hydrogen-bond donors (Lipinski definition) is 1. The van der Waals surface area contributed by atoms with E-state index in [0.717, 1.165) is 16.7 Å². The maximum atomic E-state index is 5.90. The normalized spacial score (nSPS) is 19.8. The molecule has 19 heavy (non-hydrogen) atoms. The molecule has 2 N–H and O–H groups in total. The van der Waals surface area contributed by atoms with Crippen molar-refractivity contribution < 1.29 is 0 Å². The Morgan fingerprint density at radius 2 is 1.89 bits per heavy atom. The molecule has 0 spiro atoms. The summed E-state index contributed by atoms with van der Waals surface area (Å²) in [5.74, 6) is 0. The molecule has 106 valence electrons. The van der Waals surface area contributed by atoms with Gasteiger partial charge in [-0.3, -0.25) is 4.90 Å². The monoisotopic (exact) mass is 324 g/mol. The zero-order valence-electron chi connectivity index (χ0n) is 12.2. The zero-order chi connectivity index (χ0) is 14.0. The largest absolute Gasteiger partial charge is 0.399 e. The number of rotatable bonds is 3. The Bertz CT molecular complexity index is 412. The minimum atomic E-state index is 0.539. The van der Waals surface area contributed by atoms with Crippen molar-refractivity contribution in [2.45, 2.75) is 52.1 Å². The predicted octanol–water partition coefficient (Wildman–Crippen LogP) is 4.43. The van der Waals surface area contributed by atoms with Crippen LogP contribution < -0.4 is 5.73 Å². The second kappa shape index (κ2) is 5.84. The van der Waals surface area contributed by atoms with Crippen LogP contribution in [0, 0.1) is 5.41 Å². The van der Waals surface area contributed by atoms with Gasteiger partial charge in [-0.1, -0.05) is 29.8 Å². The highest BCUT2D eigenvalue weighted by Crippen LogP contribution is 2.37. The average molecular weight is 325 g/mol. The molecule has 2 rings (SSSR count). The fourth-order valence-electron chi connectivity index (χ4n) is 3.01. The van der Waals surface area contributed by atoms with E-state index in [2.05, 4.69) is 53.9 Å². The van der Waals surface area contributed by atoms with Crippen LogP contribution in [0.4, 0.5) is 5.69 Å². The van der Waals surface area contributed by atoms with Crippen molar-refractivity contribution in [1.82, 2.24) is 4.90 Å². The van der Waals surface area contributed by atoms with Gasteiger partial charge in [-0.25, -0.2) is 0 Å². The molecule has 2 nitrogen and oxygen atoms in total. The lowest BCUT2D eigenvalue weighted by Gasteiger charge is -2.38. The van der Waals surface area contributed by atoms with Gasteiger partial charge in [0.05, 0.1) is 0 Å². The molecule has 1 aliphatic carbocycles. The van der Waals surface area contributed by atoms with Crippen LogP contribution in [0.1, 0.15) is 45.1 Å². The summed E-state index contributed by atoms with van der Waals surface area (Å²) in [6.45, 7) is 5.76. The molecule has 0 aliphatic heterocycles. The summed E-state index contributed by atoms with van der Waals surface area (Å²) >= 11 is 3.52. The van der Waals surface area contributed by atoms with Crippen LogP contribution in [0.25, 0.3) is 0 Å². The highest BCUT2D eigenvalue weighted by Gasteiger charge is 2.28. The number of nitrogens with two attached hydrogens (primary N) is 1. The van der Waals surface area contributed by atoms with Gasteiger partial charge < -0.3 is 5.73 Å². The van der Waals surface area contributed by atoms with E-state index in [4.69, 9.17) is 5.73 Å². The first-order chi connectivity index (χ1) is 8.85. The molecular weight excluding hydrogens is 300 g/mol. The Labute approximate surface area is 125 Å². The van der Waals surface area contributed by atoms with Gasteiger partial charge in [0, 0.05) is 22.7 Å². The van der Waals surface area contributed by atoms with E-state index in [1.54, 1.807) is 0 Å². The van der Waals surface area contributed by atoms with Crippen molar-refractivity contribution in [3.05, 3.63) is 28.2 Å². The smallest absolute Gasteiger partial charge is 0.0328 e. The lowest BCUT2D eigenvalue weighted by Crippen LogP contribution is -2.36. The predicted molar refractivity (Wildman–Crippen MR) is 86.1 cm³/mol. The second-order valence-electron chi connectivity index (χ2n) is 6.70. The van der Waals surface area contributed by atoms with Crippen LogP contribution in [-0.2, 0) is 6.54 Å². The van der Waals surface area contributed by atoms with Crippen LogP contribution >= 0.6 is 15.9 Å². The van der Waals surface area contributed by atoms with Gasteiger partial charge in [-0.2, -0.15) is 0 Å². The molecule has 0 heterocycles. The number of hydrogen-bond acceptors (Lipinski definition) is 2. The van der Waals surface area contributed by atoms with Crippen molar-refractivity contribution in [3.8, 4) is 0 Å². The molecule has 0 saturated heterocycles. The molecule has 1 saturated carbocycles. The van der Waals surface area contributed by atoms with Crippen LogP contribution in [0.5, 0.6) is 0 Å². The summed E-state index contributed by atoms with van der Waals surface area (Å²) < 4.78 is 1.07. The average Bonchev–Trinajstić information content (AvgIpc) is 2.26. The lowest BCUT2D eigenvalue weighted by molar-refractivity contribution is 0.123. The van der Waals surface area contributed by atoms with E-state index in [9.17, 15) is 0 Å². The van der Waals surface area contributed by atoms with Gasteiger partial charge in [0.2, 0.25) is 0 Å². The number of nitrogen functional groups attached to an aromatic ring is 1. The van der Waals surface area contributed by atoms with Crippen molar-refractivity contribution in [1.29, 1.82) is 0 Å². The molecule has 0 bridgehead atoms. The summed E-state index contributed by atoms with van der Waals surface area (Å²) in [4.78, 5) is 2.48. The fraction of sp³-hybridized carbons (Fsp3) is 0.625. The maximum Gasteiger partial charge on any atom is 0.0328 e. The number of anilines is 1. The van der Waals surface area contributed by atoms with E-state index in [1.807, 2.05) is 6.07 Å². The molecule has 0 amide bonds. The molecule has 0 unspecified atom stereocenters. The lowest BCUT2D eigenvalue weighted by atomic mass is 9.75. The van der Waals surface area contributed by atoms with E-state index >= 15 is 0 Å². The molecule has 0 radical (unpaired) electrons. The Morgan fingerprint density at radius 1 is 1.26 bits per heavy atom. The quantitative estimate of drug-likeness (QED) is 0.833. The van der Waals surface area contributed by atoms with Gasteiger partial charge >= 0.3 is 0 Å². The minimum absolute atomic E-state index is 0.539. The summed E-state index contributed by atoms with van der Waals surface area (Å²) in [6.07, 6.45) is 5.30. The first kappa shape index (κ1) is 14.9. The van der Waals surface area contributed by atoms with Crippen LogP contribution in [-0.4, -0.2) is 18.0 Å². The first-order valence-corrected chi connectivity index (χ1v) is 7.90. The van der Waals surface area contributed by atoms with Gasteiger partial charge in [0.15, 0.2) is 0 Å². The minimum Gasteiger partial charge on any atom is -0.399 e. The molecule has 1 fully saturated rings. The highest BCUT2D eigenvalue weighted by molar-refractivity contribution is 9.10. The van der Waals surface area contributed by atoms with Gasteiger partial charge in [-0.15, -0.1) is 0 Å². The van der Waals surface area contributed by atoms with E-state index in [-0.39, 0.29) is 0 Å². The molecule has 3 heteroatoms. The summed E-state index contributed by atoms with van der Waals surface area (Å²) in [5, 5.41) is 0. The fourth-order valence-corrected chi connectivity index (χ4v) is 3.57. The SMILES string of the molecule is CN(Cc1cc(N)cc(Br)c1)C1CCC(C)(C)CC1. The molecular formula is C16H25BrN2. The summed E-state index contributed by atoms with van der Waals surface area (Å²) in [7, 11) is 2.24. The third-order valence-corrected chi connectivity index (χ3v) is 4.80. The maximum absolute atomic E-state index is 5.90. The van der Waals surface area contributed by atoms with Crippen molar-refractivity contribution >= 4 is 21.6 Å². The van der Waals surface area contributed by atoms with Crippen LogP contribution in [0.3, 0.4) is 0 Å². The Morgan fingerprint density at radius 3 is 2.47 bits per heavy atom. The summed E-state index contributed by atoms with van der Waals surface area (Å²) in [5.41, 5.74) is 8.57. The van der Waals surface area contributed by atoms with E-state index in [0.29, 0.717) is 11.5 Å². The summed E-state index contributed by atoms with van der Waals surface area (Å²) in [6, 6.07) is 6.91. The Hall–Kier alpha value is -0.540. The third kappa shape index (κ3) is 4.22. The zero-order valence-corrected chi connectivity index (χ0v) is 13.8. The topological polar surface area (TPSA) is 29.3 Å². The standard InChI is InChI=1S/C16H25BrN2/c1-16(2)6-4-15(5-7-16)19(3)11-12-8-13(17)10-14(18)9-12/h8-10,15H,4-7,11,18H2,1-3H3. The molecule has 0 aromatic heterocycles. The van der Waals surface area contributed by atoms with Crippen molar-refractivity contribution in [3.63, 3.8) is 0 Å². The van der Waals surface area contributed by atoms with Gasteiger partial charge in [-0.05, 0) is 61.9 Å². The van der Waals surface area contributed by atoms with E-state index < -0.39 is 0 Å². The molecule has 0 atom stereocenters. The van der Waals surface area contributed by atoms with Gasteiger partial charge in [0.1, 0.15) is 0 Å². The van der Waals surface area contributed by atoms with Crippen LogP contribution in [0.15, 0.2) is 22.7 Å². The van der Waals surface area contributed by atoms with Gasteiger partial charge in [0.25, 0.3) is 0 Å². The molecule has 1 aliphatic rings. The first-order valence-electron chi connectivity index (χ1n) is 7.11. The van der Waals surface area contributed by atoms with Crippen molar-refractivity contribution in [2.24, 2.45) is 5.41 Å². The number of benzene rings is 1. The Balaban J connectivity index is 1.96. The van der Waals surface area contributed by atoms with E-state index in [1.165, 1.54) is 31.2 Å². The third-order valence-electron chi connectivity index (χ3n) is 4.34. The number of halogens is 1. The number of nitrogens with zero attached hydrogens (tertiary/aromatic N) is 1. The molecule has 1 aromatic carbocycles.